The van der Waals surface area contributed by atoms with E-state index in [1.54, 1.807) is 42.5 Å². The highest BCUT2D eigenvalue weighted by Crippen LogP contribution is 2.25. The number of carbonyl (C=O) groups excluding carboxylic acids is 2. The van der Waals surface area contributed by atoms with E-state index < -0.39 is 11.8 Å². The molecule has 2 amide bonds. The summed E-state index contributed by atoms with van der Waals surface area (Å²) < 4.78 is 11.8. The zero-order valence-corrected chi connectivity index (χ0v) is 19.3. The van der Waals surface area contributed by atoms with E-state index in [-0.39, 0.29) is 6.61 Å². The average Bonchev–Trinajstić information content (AvgIpc) is 2.79. The van der Waals surface area contributed by atoms with Crippen LogP contribution in [0.5, 0.6) is 11.5 Å². The van der Waals surface area contributed by atoms with Gasteiger partial charge in [-0.25, -0.2) is 5.43 Å². The van der Waals surface area contributed by atoms with Gasteiger partial charge in [0, 0.05) is 20.6 Å². The molecule has 0 atom stereocenters. The minimum absolute atomic E-state index is 0.260. The number of ether oxygens (including phenoxy) is 2. The maximum absolute atomic E-state index is 12.1. The third kappa shape index (κ3) is 6.32. The van der Waals surface area contributed by atoms with E-state index in [9.17, 15) is 9.59 Å². The third-order valence-electron chi connectivity index (χ3n) is 4.24. The lowest BCUT2D eigenvalue weighted by molar-refractivity contribution is -0.136. The van der Waals surface area contributed by atoms with E-state index in [4.69, 9.17) is 21.1 Å². The SMILES string of the molecule is COc1ccccc1NC(=O)C(=O)N/N=C\c1cc(Br)ccc1OCc1ccccc1Cl. The molecule has 0 saturated carbocycles. The zero-order chi connectivity index (χ0) is 22.9. The topological polar surface area (TPSA) is 89.0 Å². The first-order chi connectivity index (χ1) is 15.5. The molecular weight excluding hydrogens is 498 g/mol. The minimum atomic E-state index is -0.930. The smallest absolute Gasteiger partial charge is 0.329 e. The monoisotopic (exact) mass is 515 g/mol. The molecule has 32 heavy (non-hydrogen) atoms. The van der Waals surface area contributed by atoms with Crippen LogP contribution in [-0.2, 0) is 16.2 Å². The summed E-state index contributed by atoms with van der Waals surface area (Å²) in [6.45, 7) is 0.260. The number of para-hydroxylation sites is 2. The number of hydrazone groups is 1. The lowest BCUT2D eigenvalue weighted by atomic mass is 10.2. The van der Waals surface area contributed by atoms with Gasteiger partial charge in [-0.1, -0.05) is 57.9 Å². The van der Waals surface area contributed by atoms with Gasteiger partial charge in [0.25, 0.3) is 0 Å². The number of amides is 2. The highest BCUT2D eigenvalue weighted by molar-refractivity contribution is 9.10. The maximum atomic E-state index is 12.1. The van der Waals surface area contributed by atoms with Crippen LogP contribution in [0.4, 0.5) is 5.69 Å². The Morgan fingerprint density at radius 3 is 2.56 bits per heavy atom. The molecule has 3 aromatic rings. The van der Waals surface area contributed by atoms with E-state index in [2.05, 4.69) is 31.8 Å². The molecule has 0 saturated heterocycles. The van der Waals surface area contributed by atoms with Crippen LogP contribution in [-0.4, -0.2) is 25.1 Å². The van der Waals surface area contributed by atoms with Gasteiger partial charge in [-0.15, -0.1) is 0 Å². The number of hydrogen-bond donors (Lipinski definition) is 2. The van der Waals surface area contributed by atoms with E-state index in [0.29, 0.717) is 27.8 Å². The van der Waals surface area contributed by atoms with Crippen LogP contribution in [0.2, 0.25) is 5.02 Å². The molecule has 0 heterocycles. The van der Waals surface area contributed by atoms with Gasteiger partial charge in [-0.05, 0) is 36.4 Å². The Balaban J connectivity index is 1.64. The Morgan fingerprint density at radius 1 is 1.03 bits per heavy atom. The Kier molecular flexibility index (Phi) is 8.24. The molecule has 0 aromatic heterocycles. The van der Waals surface area contributed by atoms with Crippen LogP contribution in [0.3, 0.4) is 0 Å². The highest BCUT2D eigenvalue weighted by Gasteiger charge is 2.15. The predicted octanol–water partition coefficient (Wildman–Crippen LogP) is 4.78. The van der Waals surface area contributed by atoms with Crippen molar-refractivity contribution in [3.8, 4) is 11.5 Å². The zero-order valence-electron chi connectivity index (χ0n) is 17.0. The second-order valence-corrected chi connectivity index (χ2v) is 7.74. The number of rotatable bonds is 7. The van der Waals surface area contributed by atoms with Gasteiger partial charge < -0.3 is 14.8 Å². The molecule has 164 valence electrons. The van der Waals surface area contributed by atoms with Crippen LogP contribution in [0.1, 0.15) is 11.1 Å². The van der Waals surface area contributed by atoms with Crippen molar-refractivity contribution in [1.82, 2.24) is 5.43 Å². The Hall–Kier alpha value is -3.36. The quantitative estimate of drug-likeness (QED) is 0.269. The highest BCUT2D eigenvalue weighted by atomic mass is 79.9. The summed E-state index contributed by atoms with van der Waals surface area (Å²) in [5.41, 5.74) is 4.01. The number of carbonyl (C=O) groups is 2. The number of benzene rings is 3. The molecule has 7 nitrogen and oxygen atoms in total. The van der Waals surface area contributed by atoms with Gasteiger partial charge >= 0.3 is 11.8 Å². The molecule has 0 aliphatic rings. The average molecular weight is 517 g/mol. The molecule has 3 aromatic carbocycles. The standard InChI is InChI=1S/C23H19BrClN3O4/c1-31-21-9-5-4-8-19(21)27-22(29)23(30)28-26-13-16-12-17(24)10-11-20(16)32-14-15-6-2-3-7-18(15)25/h2-13H,14H2,1H3,(H,27,29)(H,28,30)/b26-13-. The van der Waals surface area contributed by atoms with Crippen LogP contribution in [0.25, 0.3) is 0 Å². The first-order valence-corrected chi connectivity index (χ1v) is 10.6. The second-order valence-electron chi connectivity index (χ2n) is 6.42. The third-order valence-corrected chi connectivity index (χ3v) is 5.11. The molecule has 9 heteroatoms. The first kappa shape index (κ1) is 23.3. The molecule has 0 unspecified atom stereocenters. The van der Waals surface area contributed by atoms with Gasteiger partial charge in [0.2, 0.25) is 0 Å². The van der Waals surface area contributed by atoms with E-state index in [1.807, 2.05) is 24.3 Å². The molecule has 3 rings (SSSR count). The molecule has 2 N–H and O–H groups in total. The summed E-state index contributed by atoms with van der Waals surface area (Å²) in [4.78, 5) is 24.2. The van der Waals surface area contributed by atoms with E-state index in [1.165, 1.54) is 13.3 Å². The van der Waals surface area contributed by atoms with E-state index >= 15 is 0 Å². The molecule has 0 spiro atoms. The fourth-order valence-corrected chi connectivity index (χ4v) is 3.23. The number of methoxy groups -OCH3 is 1. The fourth-order valence-electron chi connectivity index (χ4n) is 2.66. The van der Waals surface area contributed by atoms with Crippen molar-refractivity contribution in [3.63, 3.8) is 0 Å². The summed E-state index contributed by atoms with van der Waals surface area (Å²) in [5.74, 6) is -0.840. The maximum Gasteiger partial charge on any atom is 0.329 e. The van der Waals surface area contributed by atoms with Crippen molar-refractivity contribution >= 4 is 51.2 Å². The van der Waals surface area contributed by atoms with Gasteiger partial charge in [-0.2, -0.15) is 5.10 Å². The second kappa shape index (κ2) is 11.3. The van der Waals surface area contributed by atoms with Crippen molar-refractivity contribution < 1.29 is 19.1 Å². The van der Waals surface area contributed by atoms with Gasteiger partial charge in [0.05, 0.1) is 19.0 Å². The Bertz CT molecular complexity index is 1150. The molecule has 0 radical (unpaired) electrons. The first-order valence-electron chi connectivity index (χ1n) is 9.41. The normalized spacial score (nSPS) is 10.6. The fraction of sp³-hybridized carbons (Fsp3) is 0.0870. The van der Waals surface area contributed by atoms with Crippen LogP contribution in [0, 0.1) is 0 Å². The number of hydrogen-bond acceptors (Lipinski definition) is 5. The molecule has 0 aliphatic heterocycles. The Labute approximate surface area is 198 Å². The lowest BCUT2D eigenvalue weighted by Gasteiger charge is -2.11. The molecule has 0 aliphatic carbocycles. The summed E-state index contributed by atoms with van der Waals surface area (Å²) in [6.07, 6.45) is 1.39. The lowest BCUT2D eigenvalue weighted by Crippen LogP contribution is -2.32. The predicted molar refractivity (Wildman–Crippen MR) is 127 cm³/mol. The number of anilines is 1. The Morgan fingerprint density at radius 2 is 1.78 bits per heavy atom. The summed E-state index contributed by atoms with van der Waals surface area (Å²) in [7, 11) is 1.47. The van der Waals surface area contributed by atoms with Crippen molar-refractivity contribution in [2.45, 2.75) is 6.61 Å². The number of nitrogens with zero attached hydrogens (tertiary/aromatic N) is 1. The number of halogens is 2. The van der Waals surface area contributed by atoms with Crippen molar-refractivity contribution in [1.29, 1.82) is 0 Å². The summed E-state index contributed by atoms with van der Waals surface area (Å²) in [6, 6.07) is 19.5. The van der Waals surface area contributed by atoms with E-state index in [0.717, 1.165) is 10.0 Å². The van der Waals surface area contributed by atoms with Crippen LogP contribution in [0.15, 0.2) is 76.3 Å². The molecule has 0 bridgehead atoms. The van der Waals surface area contributed by atoms with Gasteiger partial charge in [0.15, 0.2) is 0 Å². The molecule has 0 fully saturated rings. The summed E-state index contributed by atoms with van der Waals surface area (Å²) >= 11 is 9.57. The number of nitrogens with one attached hydrogen (secondary N) is 2. The van der Waals surface area contributed by atoms with Crippen molar-refractivity contribution in [2.24, 2.45) is 5.10 Å². The van der Waals surface area contributed by atoms with Crippen molar-refractivity contribution in [2.75, 3.05) is 12.4 Å². The van der Waals surface area contributed by atoms with Crippen LogP contribution >= 0.6 is 27.5 Å². The van der Waals surface area contributed by atoms with Crippen LogP contribution < -0.4 is 20.2 Å². The largest absolute Gasteiger partial charge is 0.495 e. The van der Waals surface area contributed by atoms with Gasteiger partial charge in [0.1, 0.15) is 18.1 Å². The van der Waals surface area contributed by atoms with Crippen molar-refractivity contribution in [3.05, 3.63) is 87.4 Å². The summed E-state index contributed by atoms with van der Waals surface area (Å²) in [5, 5.41) is 6.96. The molecular formula is C23H19BrClN3O4. The minimum Gasteiger partial charge on any atom is -0.495 e. The van der Waals surface area contributed by atoms with Gasteiger partial charge in [-0.3, -0.25) is 9.59 Å².